The van der Waals surface area contributed by atoms with Gasteiger partial charge in [0.1, 0.15) is 5.82 Å². The second kappa shape index (κ2) is 10.4. The molecule has 5 nitrogen and oxygen atoms in total. The van der Waals surface area contributed by atoms with E-state index in [0.29, 0.717) is 41.7 Å². The number of benzene rings is 2. The fourth-order valence-electron chi connectivity index (χ4n) is 2.19. The van der Waals surface area contributed by atoms with E-state index in [9.17, 15) is 9.18 Å². The molecule has 0 fully saturated rings. The fourth-order valence-corrected chi connectivity index (χ4v) is 2.32. The van der Waals surface area contributed by atoms with Gasteiger partial charge >= 0.3 is 0 Å². The number of rotatable bonds is 7. The van der Waals surface area contributed by atoms with Crippen molar-refractivity contribution in [1.29, 1.82) is 0 Å². The molecule has 0 radical (unpaired) electrons. The number of nitrogens with zero attached hydrogens (tertiary/aromatic N) is 1. The summed E-state index contributed by atoms with van der Waals surface area (Å²) < 4.78 is 13.6. The summed E-state index contributed by atoms with van der Waals surface area (Å²) in [5.74, 6) is 0.121. The highest BCUT2D eigenvalue weighted by Crippen LogP contribution is 2.09. The fraction of sp³-hybridized carbons (Fsp3) is 0.263. The third kappa shape index (κ3) is 6.37. The number of hydrogen-bond acceptors (Lipinski definition) is 2. The summed E-state index contributed by atoms with van der Waals surface area (Å²) in [7, 11) is 0. The molecular weight excluding hydrogens is 355 g/mol. The van der Waals surface area contributed by atoms with Gasteiger partial charge in [-0.15, -0.1) is 0 Å². The number of amides is 1. The van der Waals surface area contributed by atoms with Crippen molar-refractivity contribution in [1.82, 2.24) is 16.0 Å². The molecule has 7 heteroatoms. The van der Waals surface area contributed by atoms with Crippen LogP contribution in [0.4, 0.5) is 4.39 Å². The second-order valence-corrected chi connectivity index (χ2v) is 5.91. The van der Waals surface area contributed by atoms with E-state index in [1.807, 2.05) is 6.92 Å². The van der Waals surface area contributed by atoms with Gasteiger partial charge in [-0.05, 0) is 37.3 Å². The van der Waals surface area contributed by atoms with Gasteiger partial charge in [0.2, 0.25) is 0 Å². The summed E-state index contributed by atoms with van der Waals surface area (Å²) >= 11 is 5.81. The van der Waals surface area contributed by atoms with Crippen molar-refractivity contribution in [2.24, 2.45) is 4.99 Å². The summed E-state index contributed by atoms with van der Waals surface area (Å²) in [4.78, 5) is 16.4. The summed E-state index contributed by atoms with van der Waals surface area (Å²) in [6.45, 7) is 3.77. The molecule has 0 spiro atoms. The number of carbonyl (C=O) groups is 1. The zero-order valence-electron chi connectivity index (χ0n) is 14.6. The molecule has 26 heavy (non-hydrogen) atoms. The molecule has 0 unspecified atom stereocenters. The highest BCUT2D eigenvalue weighted by atomic mass is 35.5. The molecule has 0 aliphatic carbocycles. The Labute approximate surface area is 157 Å². The molecule has 0 saturated carbocycles. The van der Waals surface area contributed by atoms with Gasteiger partial charge in [0.05, 0.1) is 6.54 Å². The lowest BCUT2D eigenvalue weighted by Gasteiger charge is -2.12. The zero-order valence-corrected chi connectivity index (χ0v) is 15.3. The van der Waals surface area contributed by atoms with Gasteiger partial charge in [-0.3, -0.25) is 4.79 Å². The van der Waals surface area contributed by atoms with E-state index in [0.717, 1.165) is 0 Å². The average molecular weight is 377 g/mol. The first-order valence-electron chi connectivity index (χ1n) is 8.39. The van der Waals surface area contributed by atoms with Crippen LogP contribution in [0.1, 0.15) is 22.8 Å². The second-order valence-electron chi connectivity index (χ2n) is 5.48. The van der Waals surface area contributed by atoms with Gasteiger partial charge in [0.25, 0.3) is 5.91 Å². The lowest BCUT2D eigenvalue weighted by molar-refractivity contribution is 0.0954. The van der Waals surface area contributed by atoms with Crippen molar-refractivity contribution in [2.45, 2.75) is 13.5 Å². The van der Waals surface area contributed by atoms with Gasteiger partial charge in [0, 0.05) is 35.8 Å². The Morgan fingerprint density at radius 1 is 1.04 bits per heavy atom. The van der Waals surface area contributed by atoms with Gasteiger partial charge in [0.15, 0.2) is 5.96 Å². The van der Waals surface area contributed by atoms with E-state index in [2.05, 4.69) is 20.9 Å². The van der Waals surface area contributed by atoms with E-state index in [4.69, 9.17) is 11.6 Å². The van der Waals surface area contributed by atoms with Crippen molar-refractivity contribution in [3.63, 3.8) is 0 Å². The number of halogens is 2. The molecule has 2 rings (SSSR count). The summed E-state index contributed by atoms with van der Waals surface area (Å²) in [5, 5.41) is 9.59. The first kappa shape index (κ1) is 19.7. The summed E-state index contributed by atoms with van der Waals surface area (Å²) in [5.41, 5.74) is 1.08. The SMILES string of the molecule is CCNC(=NCc1ccccc1F)NCCNC(=O)c1ccc(Cl)cc1. The Kier molecular flexibility index (Phi) is 7.89. The van der Waals surface area contributed by atoms with E-state index >= 15 is 0 Å². The first-order valence-corrected chi connectivity index (χ1v) is 8.77. The third-order valence-electron chi connectivity index (χ3n) is 3.52. The molecule has 138 valence electrons. The van der Waals surface area contributed by atoms with Crippen LogP contribution in [0.3, 0.4) is 0 Å². The van der Waals surface area contributed by atoms with E-state index in [1.165, 1.54) is 6.07 Å². The molecule has 0 heterocycles. The van der Waals surface area contributed by atoms with Crippen LogP contribution in [-0.2, 0) is 6.54 Å². The smallest absolute Gasteiger partial charge is 0.251 e. The normalized spacial score (nSPS) is 11.1. The van der Waals surface area contributed by atoms with Gasteiger partial charge in [-0.2, -0.15) is 0 Å². The van der Waals surface area contributed by atoms with Crippen LogP contribution in [0.2, 0.25) is 5.02 Å². The topological polar surface area (TPSA) is 65.5 Å². The van der Waals surface area contributed by atoms with Crippen LogP contribution < -0.4 is 16.0 Å². The summed E-state index contributed by atoms with van der Waals surface area (Å²) in [6, 6.07) is 13.2. The van der Waals surface area contributed by atoms with Crippen molar-refractivity contribution >= 4 is 23.5 Å². The highest BCUT2D eigenvalue weighted by molar-refractivity contribution is 6.30. The van der Waals surface area contributed by atoms with E-state index in [1.54, 1.807) is 42.5 Å². The Bertz CT molecular complexity index is 749. The van der Waals surface area contributed by atoms with E-state index in [-0.39, 0.29) is 18.3 Å². The summed E-state index contributed by atoms with van der Waals surface area (Å²) in [6.07, 6.45) is 0. The number of guanidine groups is 1. The van der Waals surface area contributed by atoms with Crippen LogP contribution in [-0.4, -0.2) is 31.5 Å². The van der Waals surface area contributed by atoms with Crippen LogP contribution in [0, 0.1) is 5.82 Å². The van der Waals surface area contributed by atoms with Gasteiger partial charge in [-0.1, -0.05) is 29.8 Å². The number of hydrogen-bond donors (Lipinski definition) is 3. The average Bonchev–Trinajstić information content (AvgIpc) is 2.64. The maximum absolute atomic E-state index is 13.6. The Balaban J connectivity index is 1.80. The molecule has 2 aromatic rings. The Morgan fingerprint density at radius 2 is 1.73 bits per heavy atom. The van der Waals surface area contributed by atoms with Crippen LogP contribution in [0.25, 0.3) is 0 Å². The Morgan fingerprint density at radius 3 is 2.42 bits per heavy atom. The molecule has 3 N–H and O–H groups in total. The lowest BCUT2D eigenvalue weighted by atomic mass is 10.2. The van der Waals surface area contributed by atoms with Crippen LogP contribution >= 0.6 is 11.6 Å². The largest absolute Gasteiger partial charge is 0.357 e. The predicted molar refractivity (Wildman–Crippen MR) is 103 cm³/mol. The zero-order chi connectivity index (χ0) is 18.8. The van der Waals surface area contributed by atoms with Crippen molar-refractivity contribution in [3.8, 4) is 0 Å². The van der Waals surface area contributed by atoms with Gasteiger partial charge < -0.3 is 16.0 Å². The minimum atomic E-state index is -0.276. The maximum Gasteiger partial charge on any atom is 0.251 e. The van der Waals surface area contributed by atoms with Gasteiger partial charge in [-0.25, -0.2) is 9.38 Å². The number of carbonyl (C=O) groups excluding carboxylic acids is 1. The Hall–Kier alpha value is -2.60. The van der Waals surface area contributed by atoms with Crippen molar-refractivity contribution in [3.05, 3.63) is 70.5 Å². The molecule has 0 aliphatic heterocycles. The standard InChI is InChI=1S/C19H22ClFN4O/c1-2-22-19(25-13-15-5-3-4-6-17(15)21)24-12-11-23-18(26)14-7-9-16(20)10-8-14/h3-10H,2,11-13H2,1H3,(H,23,26)(H2,22,24,25). The number of aliphatic imine (C=N–C) groups is 1. The van der Waals surface area contributed by atoms with Crippen molar-refractivity contribution in [2.75, 3.05) is 19.6 Å². The molecule has 0 bridgehead atoms. The molecule has 2 aromatic carbocycles. The lowest BCUT2D eigenvalue weighted by Crippen LogP contribution is -2.41. The molecule has 0 aromatic heterocycles. The molecule has 1 amide bonds. The quantitative estimate of drug-likeness (QED) is 0.395. The highest BCUT2D eigenvalue weighted by Gasteiger charge is 2.05. The molecule has 0 atom stereocenters. The number of nitrogens with one attached hydrogen (secondary N) is 3. The van der Waals surface area contributed by atoms with Crippen LogP contribution in [0.5, 0.6) is 0 Å². The minimum Gasteiger partial charge on any atom is -0.357 e. The molecular formula is C19H22ClFN4O. The van der Waals surface area contributed by atoms with Crippen LogP contribution in [0.15, 0.2) is 53.5 Å². The maximum atomic E-state index is 13.6. The first-order chi connectivity index (χ1) is 12.6. The predicted octanol–water partition coefficient (Wildman–Crippen LogP) is 2.96. The molecule has 0 aliphatic rings. The molecule has 0 saturated heterocycles. The van der Waals surface area contributed by atoms with Crippen molar-refractivity contribution < 1.29 is 9.18 Å². The third-order valence-corrected chi connectivity index (χ3v) is 3.77. The van der Waals surface area contributed by atoms with E-state index < -0.39 is 0 Å². The minimum absolute atomic E-state index is 0.170. The monoisotopic (exact) mass is 376 g/mol.